The molecular formula is C13H17F3N2O2. The third kappa shape index (κ3) is 4.80. The van der Waals surface area contributed by atoms with Gasteiger partial charge in [0, 0.05) is 18.8 Å². The Kier molecular flexibility index (Phi) is 5.50. The highest BCUT2D eigenvalue weighted by molar-refractivity contribution is 5.94. The van der Waals surface area contributed by atoms with Crippen LogP contribution in [0.1, 0.15) is 30.6 Å². The summed E-state index contributed by atoms with van der Waals surface area (Å²) in [5.41, 5.74) is -1.70. The lowest BCUT2D eigenvalue weighted by atomic mass is 9.94. The summed E-state index contributed by atoms with van der Waals surface area (Å²) in [5, 5.41) is 11.7. The second kappa shape index (κ2) is 6.69. The summed E-state index contributed by atoms with van der Waals surface area (Å²) >= 11 is 0. The first-order valence-corrected chi connectivity index (χ1v) is 6.07. The van der Waals surface area contributed by atoms with E-state index in [4.69, 9.17) is 0 Å². The lowest BCUT2D eigenvalue weighted by molar-refractivity contribution is -0.0294. The molecule has 0 aliphatic rings. The van der Waals surface area contributed by atoms with Crippen LogP contribution in [0.5, 0.6) is 0 Å². The van der Waals surface area contributed by atoms with Crippen molar-refractivity contribution in [1.82, 2.24) is 10.3 Å². The maximum atomic E-state index is 14.0. The lowest BCUT2D eigenvalue weighted by Crippen LogP contribution is -2.51. The van der Waals surface area contributed by atoms with Crippen molar-refractivity contribution in [3.05, 3.63) is 30.1 Å². The standard InChI is InChI=1S/C13H17F3N2O2/c1-13(2,20)11(16)9(6-10(14)15)18-12(19)8-4-3-5-17-7-8/h3-5,7,9-11,20H,6H2,1-2H3,(H,18,19). The Balaban J connectivity index is 2.82. The van der Waals surface area contributed by atoms with Crippen LogP contribution in [-0.4, -0.2) is 40.2 Å². The Morgan fingerprint density at radius 2 is 2.10 bits per heavy atom. The van der Waals surface area contributed by atoms with Crippen molar-refractivity contribution in [3.8, 4) is 0 Å². The molecule has 0 radical (unpaired) electrons. The Hall–Kier alpha value is -1.63. The van der Waals surface area contributed by atoms with E-state index < -0.39 is 36.6 Å². The predicted octanol–water partition coefficient (Wildman–Crippen LogP) is 1.94. The van der Waals surface area contributed by atoms with E-state index in [1.165, 1.54) is 24.5 Å². The number of nitrogens with one attached hydrogen (secondary N) is 1. The SMILES string of the molecule is CC(C)(O)C(F)C(CC(F)F)NC(=O)c1cccnc1. The number of hydrogen-bond donors (Lipinski definition) is 2. The Morgan fingerprint density at radius 3 is 2.55 bits per heavy atom. The Morgan fingerprint density at radius 1 is 1.45 bits per heavy atom. The van der Waals surface area contributed by atoms with Crippen molar-refractivity contribution in [1.29, 1.82) is 0 Å². The average molecular weight is 290 g/mol. The second-order valence-corrected chi connectivity index (χ2v) is 5.00. The number of hydrogen-bond acceptors (Lipinski definition) is 3. The maximum Gasteiger partial charge on any atom is 0.253 e. The fourth-order valence-corrected chi connectivity index (χ4v) is 1.68. The van der Waals surface area contributed by atoms with Gasteiger partial charge in [-0.2, -0.15) is 0 Å². The van der Waals surface area contributed by atoms with Gasteiger partial charge in [0.25, 0.3) is 5.91 Å². The number of alkyl halides is 3. The molecule has 2 atom stereocenters. The van der Waals surface area contributed by atoms with E-state index >= 15 is 0 Å². The number of amides is 1. The molecular weight excluding hydrogens is 273 g/mol. The first kappa shape index (κ1) is 16.4. The summed E-state index contributed by atoms with van der Waals surface area (Å²) in [6, 6.07) is 1.45. The summed E-state index contributed by atoms with van der Waals surface area (Å²) in [5.74, 6) is -0.712. The molecule has 1 amide bonds. The Labute approximate surface area is 115 Å². The van der Waals surface area contributed by atoms with Gasteiger partial charge in [0.15, 0.2) is 0 Å². The summed E-state index contributed by atoms with van der Waals surface area (Å²) in [7, 11) is 0. The van der Waals surface area contributed by atoms with Crippen molar-refractivity contribution >= 4 is 5.91 Å². The van der Waals surface area contributed by atoms with E-state index in [9.17, 15) is 23.1 Å². The van der Waals surface area contributed by atoms with Crippen LogP contribution in [0, 0.1) is 0 Å². The highest BCUT2D eigenvalue weighted by Crippen LogP contribution is 2.21. The van der Waals surface area contributed by atoms with Gasteiger partial charge in [-0.05, 0) is 26.0 Å². The number of aromatic nitrogens is 1. The van der Waals surface area contributed by atoms with Crippen LogP contribution in [0.25, 0.3) is 0 Å². The van der Waals surface area contributed by atoms with Gasteiger partial charge < -0.3 is 10.4 Å². The third-order valence-electron chi connectivity index (χ3n) is 2.70. The zero-order chi connectivity index (χ0) is 15.3. The molecule has 0 saturated heterocycles. The van der Waals surface area contributed by atoms with E-state index in [1.54, 1.807) is 0 Å². The summed E-state index contributed by atoms with van der Waals surface area (Å²) < 4.78 is 38.9. The van der Waals surface area contributed by atoms with Gasteiger partial charge in [0.05, 0.1) is 17.2 Å². The van der Waals surface area contributed by atoms with Crippen LogP contribution in [0.2, 0.25) is 0 Å². The molecule has 1 heterocycles. The number of rotatable bonds is 6. The molecule has 1 rings (SSSR count). The van der Waals surface area contributed by atoms with Gasteiger partial charge in [-0.1, -0.05) is 0 Å². The molecule has 0 saturated carbocycles. The molecule has 1 aromatic rings. The number of halogens is 3. The fourth-order valence-electron chi connectivity index (χ4n) is 1.68. The molecule has 1 aromatic heterocycles. The van der Waals surface area contributed by atoms with Crippen LogP contribution in [0.15, 0.2) is 24.5 Å². The number of nitrogens with zero attached hydrogens (tertiary/aromatic N) is 1. The number of carbonyl (C=O) groups is 1. The second-order valence-electron chi connectivity index (χ2n) is 5.00. The smallest absolute Gasteiger partial charge is 0.253 e. The summed E-state index contributed by atoms with van der Waals surface area (Å²) in [6.45, 7) is 2.32. The normalized spacial score (nSPS) is 14.9. The highest BCUT2D eigenvalue weighted by atomic mass is 19.3. The maximum absolute atomic E-state index is 14.0. The molecule has 0 spiro atoms. The van der Waals surface area contributed by atoms with Crippen molar-refractivity contribution in [2.24, 2.45) is 0 Å². The first-order valence-electron chi connectivity index (χ1n) is 6.07. The van der Waals surface area contributed by atoms with Crippen LogP contribution in [0.3, 0.4) is 0 Å². The van der Waals surface area contributed by atoms with Crippen molar-refractivity contribution in [2.75, 3.05) is 0 Å². The molecule has 0 aliphatic carbocycles. The van der Waals surface area contributed by atoms with Gasteiger partial charge in [-0.15, -0.1) is 0 Å². The zero-order valence-corrected chi connectivity index (χ0v) is 11.2. The zero-order valence-electron chi connectivity index (χ0n) is 11.2. The van der Waals surface area contributed by atoms with Gasteiger partial charge in [0.1, 0.15) is 6.17 Å². The first-order chi connectivity index (χ1) is 9.21. The molecule has 0 fully saturated rings. The minimum Gasteiger partial charge on any atom is -0.387 e. The monoisotopic (exact) mass is 290 g/mol. The Bertz CT molecular complexity index is 435. The minimum absolute atomic E-state index is 0.134. The van der Waals surface area contributed by atoms with Gasteiger partial charge in [-0.3, -0.25) is 9.78 Å². The third-order valence-corrected chi connectivity index (χ3v) is 2.70. The average Bonchev–Trinajstić information content (AvgIpc) is 2.36. The molecule has 112 valence electrons. The molecule has 0 bridgehead atoms. The van der Waals surface area contributed by atoms with E-state index in [1.807, 2.05) is 0 Å². The van der Waals surface area contributed by atoms with Crippen LogP contribution in [-0.2, 0) is 0 Å². The van der Waals surface area contributed by atoms with E-state index in [0.29, 0.717) is 0 Å². The lowest BCUT2D eigenvalue weighted by Gasteiger charge is -2.30. The summed E-state index contributed by atoms with van der Waals surface area (Å²) in [4.78, 5) is 15.5. The topological polar surface area (TPSA) is 62.2 Å². The van der Waals surface area contributed by atoms with E-state index in [2.05, 4.69) is 10.3 Å². The molecule has 7 heteroatoms. The molecule has 4 nitrogen and oxygen atoms in total. The number of aliphatic hydroxyl groups is 1. The van der Waals surface area contributed by atoms with Gasteiger partial charge in [0.2, 0.25) is 6.43 Å². The molecule has 2 N–H and O–H groups in total. The predicted molar refractivity (Wildman–Crippen MR) is 67.3 cm³/mol. The number of carbonyl (C=O) groups excluding carboxylic acids is 1. The van der Waals surface area contributed by atoms with Crippen molar-refractivity contribution < 1.29 is 23.1 Å². The summed E-state index contributed by atoms with van der Waals surface area (Å²) in [6.07, 6.45) is -3.00. The largest absolute Gasteiger partial charge is 0.387 e. The molecule has 2 unspecified atom stereocenters. The van der Waals surface area contributed by atoms with E-state index in [-0.39, 0.29) is 5.56 Å². The van der Waals surface area contributed by atoms with Crippen molar-refractivity contribution in [3.63, 3.8) is 0 Å². The van der Waals surface area contributed by atoms with Crippen LogP contribution in [0.4, 0.5) is 13.2 Å². The molecule has 0 aromatic carbocycles. The minimum atomic E-state index is -2.80. The molecule has 0 aliphatic heterocycles. The van der Waals surface area contributed by atoms with Crippen LogP contribution >= 0.6 is 0 Å². The highest BCUT2D eigenvalue weighted by Gasteiger charge is 2.36. The fraction of sp³-hybridized carbons (Fsp3) is 0.538. The van der Waals surface area contributed by atoms with Gasteiger partial charge in [-0.25, -0.2) is 13.2 Å². The van der Waals surface area contributed by atoms with Crippen LogP contribution < -0.4 is 5.32 Å². The quantitative estimate of drug-likeness (QED) is 0.841. The molecule has 20 heavy (non-hydrogen) atoms. The number of pyridine rings is 1. The van der Waals surface area contributed by atoms with Gasteiger partial charge >= 0.3 is 0 Å². The van der Waals surface area contributed by atoms with E-state index in [0.717, 1.165) is 13.8 Å². The van der Waals surface area contributed by atoms with Crippen molar-refractivity contribution in [2.45, 2.75) is 44.5 Å².